The summed E-state index contributed by atoms with van der Waals surface area (Å²) < 4.78 is 5.56. The second kappa shape index (κ2) is 8.74. The van der Waals surface area contributed by atoms with Crippen LogP contribution < -0.4 is 5.32 Å². The fourth-order valence-electron chi connectivity index (χ4n) is 4.76. The molecule has 1 aliphatic heterocycles. The zero-order chi connectivity index (χ0) is 24.7. The van der Waals surface area contributed by atoms with Crippen LogP contribution in [0.1, 0.15) is 34.3 Å². The van der Waals surface area contributed by atoms with Gasteiger partial charge < -0.3 is 14.7 Å². The summed E-state index contributed by atoms with van der Waals surface area (Å²) >= 11 is 6.25. The SMILES string of the molecule is CC1(C(=O)O)CN(C(=O)c2ccc(Cl)c(NC(=O)OCC3c4ccccc4-c4ccccc43)c2)C1. The first-order chi connectivity index (χ1) is 16.8. The summed E-state index contributed by atoms with van der Waals surface area (Å²) in [5, 5.41) is 12.2. The van der Waals surface area contributed by atoms with Gasteiger partial charge in [-0.1, -0.05) is 60.1 Å². The quantitative estimate of drug-likeness (QED) is 0.509. The van der Waals surface area contributed by atoms with Crippen LogP contribution in [0, 0.1) is 5.41 Å². The molecule has 1 fully saturated rings. The number of benzene rings is 3. The van der Waals surface area contributed by atoms with Crippen LogP contribution in [0.5, 0.6) is 0 Å². The lowest BCUT2D eigenvalue weighted by atomic mass is 9.81. The van der Waals surface area contributed by atoms with Gasteiger partial charge in [-0.15, -0.1) is 0 Å². The molecule has 5 rings (SSSR count). The van der Waals surface area contributed by atoms with Crippen molar-refractivity contribution in [2.75, 3.05) is 25.0 Å². The number of carbonyl (C=O) groups excluding carboxylic acids is 2. The van der Waals surface area contributed by atoms with E-state index in [0.717, 1.165) is 22.3 Å². The van der Waals surface area contributed by atoms with E-state index in [4.69, 9.17) is 16.3 Å². The molecule has 2 amide bonds. The Morgan fingerprint density at radius 2 is 1.63 bits per heavy atom. The molecular formula is C27H23ClN2O5. The van der Waals surface area contributed by atoms with Gasteiger partial charge >= 0.3 is 12.1 Å². The molecule has 0 unspecified atom stereocenters. The van der Waals surface area contributed by atoms with E-state index in [2.05, 4.69) is 17.4 Å². The van der Waals surface area contributed by atoms with Crippen molar-refractivity contribution in [2.45, 2.75) is 12.8 Å². The number of carbonyl (C=O) groups is 3. The Morgan fingerprint density at radius 1 is 1.03 bits per heavy atom. The Morgan fingerprint density at radius 3 is 2.23 bits per heavy atom. The maximum atomic E-state index is 12.8. The highest BCUT2D eigenvalue weighted by Crippen LogP contribution is 2.44. The van der Waals surface area contributed by atoms with Crippen LogP contribution in [0.3, 0.4) is 0 Å². The number of ether oxygens (including phenoxy) is 1. The van der Waals surface area contributed by atoms with Crippen LogP contribution in [0.25, 0.3) is 11.1 Å². The lowest BCUT2D eigenvalue weighted by Gasteiger charge is -2.44. The molecule has 35 heavy (non-hydrogen) atoms. The molecule has 2 N–H and O–H groups in total. The monoisotopic (exact) mass is 490 g/mol. The fraction of sp³-hybridized carbons (Fsp3) is 0.222. The highest BCUT2D eigenvalue weighted by atomic mass is 35.5. The molecule has 1 aliphatic carbocycles. The van der Waals surface area contributed by atoms with E-state index < -0.39 is 17.5 Å². The van der Waals surface area contributed by atoms with Gasteiger partial charge in [-0.3, -0.25) is 14.9 Å². The molecule has 0 aromatic heterocycles. The van der Waals surface area contributed by atoms with Gasteiger partial charge in [0.2, 0.25) is 0 Å². The molecule has 1 saturated heterocycles. The average Bonchev–Trinajstić information content (AvgIpc) is 3.15. The lowest BCUT2D eigenvalue weighted by Crippen LogP contribution is -2.60. The van der Waals surface area contributed by atoms with Crippen LogP contribution in [0.4, 0.5) is 10.5 Å². The number of fused-ring (bicyclic) bond motifs is 3. The van der Waals surface area contributed by atoms with Gasteiger partial charge in [0, 0.05) is 24.6 Å². The smallest absolute Gasteiger partial charge is 0.411 e. The molecule has 2 aliphatic rings. The Balaban J connectivity index is 1.26. The van der Waals surface area contributed by atoms with Gasteiger partial charge in [-0.05, 0) is 47.4 Å². The van der Waals surface area contributed by atoms with Crippen LogP contribution >= 0.6 is 11.6 Å². The molecule has 0 saturated carbocycles. The van der Waals surface area contributed by atoms with Crippen LogP contribution in [-0.4, -0.2) is 47.7 Å². The van der Waals surface area contributed by atoms with E-state index in [9.17, 15) is 19.5 Å². The molecule has 8 heteroatoms. The third-order valence-electron chi connectivity index (χ3n) is 6.68. The van der Waals surface area contributed by atoms with Crippen LogP contribution in [0.15, 0.2) is 66.7 Å². The normalized spacial score (nSPS) is 15.5. The van der Waals surface area contributed by atoms with Gasteiger partial charge in [-0.25, -0.2) is 4.79 Å². The molecular weight excluding hydrogens is 468 g/mol. The van der Waals surface area contributed by atoms with Crippen molar-refractivity contribution >= 4 is 35.3 Å². The topological polar surface area (TPSA) is 95.9 Å². The van der Waals surface area contributed by atoms with E-state index >= 15 is 0 Å². The van der Waals surface area contributed by atoms with Crippen molar-refractivity contribution in [2.24, 2.45) is 5.41 Å². The Bertz CT molecular complexity index is 1300. The summed E-state index contributed by atoms with van der Waals surface area (Å²) in [5.41, 5.74) is 4.09. The standard InChI is InChI=1S/C27H23ClN2O5/c1-27(25(32)33)14-30(15-27)24(31)16-10-11-22(28)23(12-16)29-26(34)35-13-21-19-8-4-2-6-17(19)18-7-3-5-9-20(18)21/h2-12,21H,13-15H2,1H3,(H,29,34)(H,32,33). The maximum Gasteiger partial charge on any atom is 0.411 e. The minimum absolute atomic E-state index is 0.0773. The van der Waals surface area contributed by atoms with Gasteiger partial charge in [0.05, 0.1) is 10.7 Å². The highest BCUT2D eigenvalue weighted by Gasteiger charge is 2.47. The van der Waals surface area contributed by atoms with Crippen LogP contribution in [-0.2, 0) is 9.53 Å². The number of carboxylic acid groups (broad SMARTS) is 1. The molecule has 0 atom stereocenters. The first-order valence-electron chi connectivity index (χ1n) is 11.2. The number of likely N-dealkylation sites (tertiary alicyclic amines) is 1. The predicted octanol–water partition coefficient (Wildman–Crippen LogP) is 5.25. The minimum atomic E-state index is -0.940. The summed E-state index contributed by atoms with van der Waals surface area (Å²) in [5.74, 6) is -1.34. The van der Waals surface area contributed by atoms with Crippen molar-refractivity contribution in [1.29, 1.82) is 0 Å². The largest absolute Gasteiger partial charge is 0.481 e. The number of carboxylic acids is 1. The number of hydrogen-bond donors (Lipinski definition) is 2. The van der Waals surface area contributed by atoms with Gasteiger partial charge in [0.1, 0.15) is 12.0 Å². The van der Waals surface area contributed by atoms with Crippen molar-refractivity contribution in [3.05, 3.63) is 88.4 Å². The highest BCUT2D eigenvalue weighted by molar-refractivity contribution is 6.33. The molecule has 3 aromatic carbocycles. The summed E-state index contributed by atoms with van der Waals surface area (Å²) in [4.78, 5) is 38.2. The van der Waals surface area contributed by atoms with Gasteiger partial charge in [0.25, 0.3) is 5.91 Å². The molecule has 0 bridgehead atoms. The lowest BCUT2D eigenvalue weighted by molar-refractivity contribution is -0.155. The predicted molar refractivity (Wildman–Crippen MR) is 132 cm³/mol. The van der Waals surface area contributed by atoms with E-state index in [1.807, 2.05) is 36.4 Å². The van der Waals surface area contributed by atoms with Crippen molar-refractivity contribution in [3.8, 4) is 11.1 Å². The van der Waals surface area contributed by atoms with Gasteiger partial charge in [-0.2, -0.15) is 0 Å². The van der Waals surface area contributed by atoms with Crippen molar-refractivity contribution in [3.63, 3.8) is 0 Å². The molecule has 3 aromatic rings. The van der Waals surface area contributed by atoms with E-state index in [1.54, 1.807) is 13.0 Å². The van der Waals surface area contributed by atoms with Crippen molar-refractivity contribution in [1.82, 2.24) is 4.90 Å². The fourth-order valence-corrected chi connectivity index (χ4v) is 4.92. The van der Waals surface area contributed by atoms with Crippen LogP contribution in [0.2, 0.25) is 5.02 Å². The van der Waals surface area contributed by atoms with Gasteiger partial charge in [0.15, 0.2) is 0 Å². The molecule has 0 radical (unpaired) electrons. The number of amides is 2. The molecule has 7 nitrogen and oxygen atoms in total. The summed E-state index contributed by atoms with van der Waals surface area (Å²) in [7, 11) is 0. The van der Waals surface area contributed by atoms with Crippen molar-refractivity contribution < 1.29 is 24.2 Å². The number of nitrogens with zero attached hydrogens (tertiary/aromatic N) is 1. The van der Waals surface area contributed by atoms with E-state index in [1.165, 1.54) is 17.0 Å². The minimum Gasteiger partial charge on any atom is -0.481 e. The number of halogens is 1. The number of rotatable bonds is 5. The average molecular weight is 491 g/mol. The number of nitrogens with one attached hydrogen (secondary N) is 1. The zero-order valence-electron chi connectivity index (χ0n) is 19.0. The Labute approximate surface area is 207 Å². The zero-order valence-corrected chi connectivity index (χ0v) is 19.7. The number of anilines is 1. The summed E-state index contributed by atoms with van der Waals surface area (Å²) in [6.07, 6.45) is -0.680. The second-order valence-corrected chi connectivity index (χ2v) is 9.58. The first kappa shape index (κ1) is 22.9. The molecule has 1 heterocycles. The van der Waals surface area contributed by atoms with E-state index in [0.29, 0.717) is 5.56 Å². The van der Waals surface area contributed by atoms with E-state index in [-0.39, 0.29) is 42.2 Å². The second-order valence-electron chi connectivity index (χ2n) is 9.17. The molecule has 0 spiro atoms. The third kappa shape index (κ3) is 4.12. The first-order valence-corrected chi connectivity index (χ1v) is 11.6. The molecule has 178 valence electrons. The number of aliphatic carboxylic acids is 1. The summed E-state index contributed by atoms with van der Waals surface area (Å²) in [6.45, 7) is 2.00. The Hall–Kier alpha value is -3.84. The number of hydrogen-bond acceptors (Lipinski definition) is 4. The maximum absolute atomic E-state index is 12.8. The summed E-state index contributed by atoms with van der Waals surface area (Å²) in [6, 6.07) is 20.7. The third-order valence-corrected chi connectivity index (χ3v) is 7.01. The Kier molecular flexibility index (Phi) is 5.73.